The van der Waals surface area contributed by atoms with Crippen LogP contribution in [0.1, 0.15) is 19.3 Å². The van der Waals surface area contributed by atoms with E-state index in [0.717, 1.165) is 0 Å². The summed E-state index contributed by atoms with van der Waals surface area (Å²) in [5, 5.41) is 0. The van der Waals surface area contributed by atoms with Gasteiger partial charge in [-0.1, -0.05) is 0 Å². The first-order valence-corrected chi connectivity index (χ1v) is 4.49. The van der Waals surface area contributed by atoms with Crippen LogP contribution in [0.4, 0.5) is 26.3 Å². The molecule has 2 N–H and O–H groups in total. The molecule has 1 rings (SSSR count). The Bertz CT molecular complexity index is 198. The van der Waals surface area contributed by atoms with Gasteiger partial charge in [-0.2, -0.15) is 26.3 Å². The molecular weight excluding hydrogens is 224 g/mol. The van der Waals surface area contributed by atoms with E-state index in [2.05, 4.69) is 0 Å². The van der Waals surface area contributed by atoms with Crippen molar-refractivity contribution >= 4 is 0 Å². The number of alkyl halides is 6. The molecule has 0 aliphatic heterocycles. The van der Waals surface area contributed by atoms with E-state index in [0.29, 0.717) is 0 Å². The summed E-state index contributed by atoms with van der Waals surface area (Å²) in [6, 6.07) is -1.02. The van der Waals surface area contributed by atoms with E-state index in [4.69, 9.17) is 5.73 Å². The molecule has 1 aliphatic rings. The molecule has 1 aliphatic carbocycles. The van der Waals surface area contributed by atoms with Crippen LogP contribution in [0.3, 0.4) is 0 Å². The fourth-order valence-electron chi connectivity index (χ4n) is 1.90. The number of rotatable bonds is 0. The number of hydrogen-bond acceptors (Lipinski definition) is 1. The average Bonchev–Trinajstić information content (AvgIpc) is 1.99. The second-order valence-electron chi connectivity index (χ2n) is 3.94. The van der Waals surface area contributed by atoms with Crippen molar-refractivity contribution in [1.29, 1.82) is 0 Å². The lowest BCUT2D eigenvalue weighted by molar-refractivity contribution is -0.224. The fourth-order valence-corrected chi connectivity index (χ4v) is 1.90. The topological polar surface area (TPSA) is 26.0 Å². The highest BCUT2D eigenvalue weighted by atomic mass is 19.4. The molecule has 0 aromatic carbocycles. The minimum Gasteiger partial charge on any atom is -0.328 e. The maximum Gasteiger partial charge on any atom is 0.391 e. The number of nitrogens with two attached hydrogens (primary N) is 1. The Hall–Kier alpha value is -0.460. The third-order valence-corrected chi connectivity index (χ3v) is 2.67. The molecule has 0 radical (unpaired) electrons. The Labute approximate surface area is 82.6 Å². The molecule has 90 valence electrons. The summed E-state index contributed by atoms with van der Waals surface area (Å²) in [5.41, 5.74) is 5.21. The molecule has 0 spiro atoms. The Balaban J connectivity index is 2.73. The van der Waals surface area contributed by atoms with Gasteiger partial charge in [0.25, 0.3) is 0 Å². The second-order valence-corrected chi connectivity index (χ2v) is 3.94. The van der Waals surface area contributed by atoms with Crippen LogP contribution in [0.25, 0.3) is 0 Å². The van der Waals surface area contributed by atoms with Gasteiger partial charge in [-0.15, -0.1) is 0 Å². The van der Waals surface area contributed by atoms with Gasteiger partial charge in [0.05, 0.1) is 11.8 Å². The first kappa shape index (κ1) is 12.6. The van der Waals surface area contributed by atoms with Gasteiger partial charge in [-0.3, -0.25) is 0 Å². The van der Waals surface area contributed by atoms with Gasteiger partial charge in [-0.05, 0) is 19.3 Å². The van der Waals surface area contributed by atoms with E-state index in [1.165, 1.54) is 0 Å². The summed E-state index contributed by atoms with van der Waals surface area (Å²) in [6.07, 6.45) is -10.9. The zero-order chi connectivity index (χ0) is 11.9. The molecule has 0 amide bonds. The van der Waals surface area contributed by atoms with Crippen molar-refractivity contribution in [2.24, 2.45) is 17.6 Å². The predicted molar refractivity (Wildman–Crippen MR) is 40.9 cm³/mol. The van der Waals surface area contributed by atoms with Crippen molar-refractivity contribution in [3.63, 3.8) is 0 Å². The minimum atomic E-state index is -4.58. The van der Waals surface area contributed by atoms with Crippen LogP contribution in [0, 0.1) is 11.8 Å². The molecule has 1 fully saturated rings. The van der Waals surface area contributed by atoms with Crippen molar-refractivity contribution in [2.45, 2.75) is 37.7 Å². The van der Waals surface area contributed by atoms with Crippen LogP contribution in [-0.2, 0) is 0 Å². The SMILES string of the molecule is NC1C[C@H](C(F)(F)F)C[C@@H](C(F)(F)F)C1. The lowest BCUT2D eigenvalue weighted by Gasteiger charge is -2.35. The van der Waals surface area contributed by atoms with Gasteiger partial charge in [0.2, 0.25) is 0 Å². The van der Waals surface area contributed by atoms with E-state index in [9.17, 15) is 26.3 Å². The fraction of sp³-hybridized carbons (Fsp3) is 1.00. The normalized spacial score (nSPS) is 34.2. The van der Waals surface area contributed by atoms with Gasteiger partial charge in [0.1, 0.15) is 0 Å². The molecule has 0 aromatic rings. The molecule has 0 bridgehead atoms. The summed E-state index contributed by atoms with van der Waals surface area (Å²) < 4.78 is 73.5. The van der Waals surface area contributed by atoms with Crippen molar-refractivity contribution in [2.75, 3.05) is 0 Å². The van der Waals surface area contributed by atoms with Gasteiger partial charge in [0, 0.05) is 6.04 Å². The molecule has 0 aromatic heterocycles. The lowest BCUT2D eigenvalue weighted by atomic mass is 9.78. The summed E-state index contributed by atoms with van der Waals surface area (Å²) in [6.45, 7) is 0. The van der Waals surface area contributed by atoms with Gasteiger partial charge < -0.3 is 5.73 Å². The number of hydrogen-bond donors (Lipinski definition) is 1. The maximum atomic E-state index is 12.3. The summed E-state index contributed by atoms with van der Waals surface area (Å²) in [5.74, 6) is -3.85. The van der Waals surface area contributed by atoms with Gasteiger partial charge >= 0.3 is 12.4 Å². The van der Waals surface area contributed by atoms with Crippen LogP contribution >= 0.6 is 0 Å². The third kappa shape index (κ3) is 3.25. The van der Waals surface area contributed by atoms with E-state index < -0.39 is 49.5 Å². The van der Waals surface area contributed by atoms with Gasteiger partial charge in [0.15, 0.2) is 0 Å². The Morgan fingerprint density at radius 3 is 1.33 bits per heavy atom. The monoisotopic (exact) mass is 235 g/mol. The molecule has 15 heavy (non-hydrogen) atoms. The largest absolute Gasteiger partial charge is 0.391 e. The van der Waals surface area contributed by atoms with Crippen LogP contribution < -0.4 is 5.73 Å². The van der Waals surface area contributed by atoms with Crippen molar-refractivity contribution in [3.05, 3.63) is 0 Å². The molecular formula is C8H11F6N. The quantitative estimate of drug-likeness (QED) is 0.642. The lowest BCUT2D eigenvalue weighted by Crippen LogP contribution is -2.43. The highest BCUT2D eigenvalue weighted by molar-refractivity contribution is 4.87. The second kappa shape index (κ2) is 3.84. The average molecular weight is 235 g/mol. The van der Waals surface area contributed by atoms with Crippen molar-refractivity contribution < 1.29 is 26.3 Å². The van der Waals surface area contributed by atoms with Crippen LogP contribution in [-0.4, -0.2) is 18.4 Å². The Morgan fingerprint density at radius 2 is 1.07 bits per heavy atom. The summed E-state index contributed by atoms with van der Waals surface area (Å²) >= 11 is 0. The Morgan fingerprint density at radius 1 is 0.733 bits per heavy atom. The molecule has 7 heteroatoms. The van der Waals surface area contributed by atoms with Crippen LogP contribution in [0.5, 0.6) is 0 Å². The maximum absolute atomic E-state index is 12.3. The number of halogens is 6. The van der Waals surface area contributed by atoms with E-state index in [-0.39, 0.29) is 0 Å². The van der Waals surface area contributed by atoms with Crippen molar-refractivity contribution in [3.8, 4) is 0 Å². The molecule has 0 heterocycles. The smallest absolute Gasteiger partial charge is 0.328 e. The van der Waals surface area contributed by atoms with Gasteiger partial charge in [-0.25, -0.2) is 0 Å². The molecule has 0 saturated heterocycles. The molecule has 0 unspecified atom stereocenters. The zero-order valence-electron chi connectivity index (χ0n) is 7.70. The predicted octanol–water partition coefficient (Wildman–Crippen LogP) is 2.85. The Kier molecular flexibility index (Phi) is 3.23. The highest BCUT2D eigenvalue weighted by Gasteiger charge is 2.51. The first-order chi connectivity index (χ1) is 6.60. The van der Waals surface area contributed by atoms with E-state index in [1.807, 2.05) is 0 Å². The highest BCUT2D eigenvalue weighted by Crippen LogP contribution is 2.44. The van der Waals surface area contributed by atoms with E-state index >= 15 is 0 Å². The van der Waals surface area contributed by atoms with E-state index in [1.54, 1.807) is 0 Å². The first-order valence-electron chi connectivity index (χ1n) is 4.49. The summed E-state index contributed by atoms with van der Waals surface area (Å²) in [4.78, 5) is 0. The molecule has 2 atom stereocenters. The molecule has 1 saturated carbocycles. The van der Waals surface area contributed by atoms with Crippen LogP contribution in [0.2, 0.25) is 0 Å². The minimum absolute atomic E-state index is 0.407. The standard InChI is InChI=1S/C8H11F6N/c9-7(10,11)4-1-5(8(12,13)14)3-6(15)2-4/h4-6H,1-3,15H2/t4-,5-/m1/s1. The van der Waals surface area contributed by atoms with Crippen LogP contribution in [0.15, 0.2) is 0 Å². The zero-order valence-corrected chi connectivity index (χ0v) is 7.70. The molecule has 1 nitrogen and oxygen atoms in total. The third-order valence-electron chi connectivity index (χ3n) is 2.67. The summed E-state index contributed by atoms with van der Waals surface area (Å²) in [7, 11) is 0. The van der Waals surface area contributed by atoms with Crippen molar-refractivity contribution in [1.82, 2.24) is 0 Å².